The summed E-state index contributed by atoms with van der Waals surface area (Å²) in [5.74, 6) is -0.507. The number of hydrogen-bond acceptors (Lipinski definition) is 5. The summed E-state index contributed by atoms with van der Waals surface area (Å²) in [6, 6.07) is 5.71. The molecule has 0 amide bonds. The Balaban J connectivity index is 0.00000180. The molecule has 0 fully saturated rings. The second kappa shape index (κ2) is 5.43. The van der Waals surface area contributed by atoms with Crippen molar-refractivity contribution in [2.24, 2.45) is 0 Å². The third-order valence-electron chi connectivity index (χ3n) is 2.42. The van der Waals surface area contributed by atoms with Crippen molar-refractivity contribution in [3.05, 3.63) is 40.4 Å². The minimum atomic E-state index is -4.37. The molecule has 0 spiro atoms. The van der Waals surface area contributed by atoms with Gasteiger partial charge < -0.3 is 5.11 Å². The standard InChI is InChI=1S/C10H7NO6S.Na.H/c12-9-4-1-6-5-7(18(15,16)17)2-3-8(6)10(9)11(13)14;;/h1-5,12H,(H,15,16,17);;. The van der Waals surface area contributed by atoms with Gasteiger partial charge in [0.1, 0.15) is 0 Å². The average molecular weight is 293 g/mol. The van der Waals surface area contributed by atoms with Crippen molar-refractivity contribution < 1.29 is 23.0 Å². The number of hydrogen-bond donors (Lipinski definition) is 2. The van der Waals surface area contributed by atoms with Crippen molar-refractivity contribution in [2.45, 2.75) is 4.90 Å². The fourth-order valence-corrected chi connectivity index (χ4v) is 2.15. The molecule has 0 atom stereocenters. The molecular weight excluding hydrogens is 285 g/mol. The minimum absolute atomic E-state index is 0. The first-order chi connectivity index (χ1) is 8.30. The molecule has 2 rings (SSSR count). The number of nitrogens with zero attached hydrogens (tertiary/aromatic N) is 1. The van der Waals surface area contributed by atoms with Crippen LogP contribution in [0, 0.1) is 10.1 Å². The molecule has 96 valence electrons. The second-order valence-electron chi connectivity index (χ2n) is 3.55. The van der Waals surface area contributed by atoms with E-state index in [9.17, 15) is 23.6 Å². The van der Waals surface area contributed by atoms with Crippen LogP contribution in [0.1, 0.15) is 0 Å². The van der Waals surface area contributed by atoms with E-state index in [1.54, 1.807) is 0 Å². The summed E-state index contributed by atoms with van der Waals surface area (Å²) >= 11 is 0. The third kappa shape index (κ3) is 3.04. The maximum atomic E-state index is 10.9. The van der Waals surface area contributed by atoms with Crippen LogP contribution in [-0.4, -0.2) is 52.6 Å². The number of benzene rings is 2. The van der Waals surface area contributed by atoms with E-state index in [2.05, 4.69) is 0 Å². The molecule has 0 saturated heterocycles. The van der Waals surface area contributed by atoms with E-state index in [-0.39, 0.29) is 45.2 Å². The van der Waals surface area contributed by atoms with Crippen LogP contribution in [0.15, 0.2) is 35.2 Å². The molecule has 0 heterocycles. The molecule has 9 heteroatoms. The molecular formula is C10H8NNaO6S. The van der Waals surface area contributed by atoms with Crippen molar-refractivity contribution in [2.75, 3.05) is 0 Å². The van der Waals surface area contributed by atoms with Crippen LogP contribution in [0.3, 0.4) is 0 Å². The van der Waals surface area contributed by atoms with Crippen LogP contribution in [0.25, 0.3) is 10.8 Å². The van der Waals surface area contributed by atoms with E-state index in [4.69, 9.17) is 4.55 Å². The first-order valence-corrected chi connectivity index (χ1v) is 6.12. The van der Waals surface area contributed by atoms with Crippen LogP contribution < -0.4 is 0 Å². The van der Waals surface area contributed by atoms with Gasteiger partial charge in [0.05, 0.1) is 15.2 Å². The molecule has 2 aromatic rings. The third-order valence-corrected chi connectivity index (χ3v) is 3.27. The number of aromatic hydroxyl groups is 1. The van der Waals surface area contributed by atoms with Crippen LogP contribution in [0.5, 0.6) is 5.75 Å². The number of nitro benzene ring substituents is 1. The fourth-order valence-electron chi connectivity index (χ4n) is 1.63. The Morgan fingerprint density at radius 3 is 2.32 bits per heavy atom. The molecule has 0 radical (unpaired) electrons. The van der Waals surface area contributed by atoms with Crippen LogP contribution >= 0.6 is 0 Å². The molecule has 0 aliphatic carbocycles. The first kappa shape index (κ1) is 15.9. The molecule has 19 heavy (non-hydrogen) atoms. The average Bonchev–Trinajstić information content (AvgIpc) is 2.26. The van der Waals surface area contributed by atoms with Gasteiger partial charge in [-0.25, -0.2) is 0 Å². The molecule has 0 aromatic heterocycles. The molecule has 0 unspecified atom stereocenters. The Hall–Kier alpha value is -1.19. The molecule has 7 nitrogen and oxygen atoms in total. The number of nitro groups is 1. The zero-order valence-electron chi connectivity index (χ0n) is 8.77. The van der Waals surface area contributed by atoms with Gasteiger partial charge in [0.15, 0.2) is 5.75 Å². The number of phenols is 1. The predicted octanol–water partition coefficient (Wildman–Crippen LogP) is 1.05. The second-order valence-corrected chi connectivity index (χ2v) is 4.97. The quantitative estimate of drug-likeness (QED) is 0.370. The maximum absolute atomic E-state index is 10.9. The van der Waals surface area contributed by atoms with Crippen LogP contribution in [0.4, 0.5) is 5.69 Å². The number of phenolic OH excluding ortho intramolecular Hbond substituents is 1. The SMILES string of the molecule is O=[N+]([O-])c1c(O)ccc2cc(S(=O)(=O)O)ccc12.[NaH]. The van der Waals surface area contributed by atoms with Gasteiger partial charge in [0.25, 0.3) is 10.1 Å². The zero-order valence-corrected chi connectivity index (χ0v) is 9.59. The van der Waals surface area contributed by atoms with E-state index in [0.29, 0.717) is 0 Å². The van der Waals surface area contributed by atoms with Gasteiger partial charge in [0, 0.05) is 0 Å². The topological polar surface area (TPSA) is 118 Å². The van der Waals surface area contributed by atoms with Gasteiger partial charge >= 0.3 is 35.2 Å². The van der Waals surface area contributed by atoms with Crippen molar-refractivity contribution in [1.29, 1.82) is 0 Å². The summed E-state index contributed by atoms with van der Waals surface area (Å²) in [7, 11) is -4.37. The summed E-state index contributed by atoms with van der Waals surface area (Å²) in [6.45, 7) is 0. The monoisotopic (exact) mass is 293 g/mol. The molecule has 0 aliphatic heterocycles. The van der Waals surface area contributed by atoms with E-state index in [1.807, 2.05) is 0 Å². The Morgan fingerprint density at radius 1 is 1.16 bits per heavy atom. The molecule has 0 aliphatic rings. The van der Waals surface area contributed by atoms with E-state index in [1.165, 1.54) is 6.07 Å². The van der Waals surface area contributed by atoms with Crippen molar-refractivity contribution in [1.82, 2.24) is 0 Å². The van der Waals surface area contributed by atoms with E-state index >= 15 is 0 Å². The Morgan fingerprint density at radius 2 is 1.79 bits per heavy atom. The summed E-state index contributed by atoms with van der Waals surface area (Å²) in [6.07, 6.45) is 0. The van der Waals surface area contributed by atoms with Crippen LogP contribution in [0.2, 0.25) is 0 Å². The van der Waals surface area contributed by atoms with Gasteiger partial charge in [-0.2, -0.15) is 8.42 Å². The van der Waals surface area contributed by atoms with Crippen LogP contribution in [-0.2, 0) is 10.1 Å². The Kier molecular flexibility index (Phi) is 4.54. The van der Waals surface area contributed by atoms with Gasteiger partial charge in [-0.05, 0) is 29.7 Å². The number of rotatable bonds is 2. The normalized spacial score (nSPS) is 11.0. The molecule has 2 N–H and O–H groups in total. The van der Waals surface area contributed by atoms with Gasteiger partial charge in [-0.3, -0.25) is 14.7 Å². The predicted molar refractivity (Wildman–Crippen MR) is 69.2 cm³/mol. The fraction of sp³-hybridized carbons (Fsp3) is 0. The first-order valence-electron chi connectivity index (χ1n) is 4.68. The van der Waals surface area contributed by atoms with Crippen molar-refractivity contribution in [3.63, 3.8) is 0 Å². The summed E-state index contributed by atoms with van der Waals surface area (Å²) < 4.78 is 30.7. The van der Waals surface area contributed by atoms with Crippen molar-refractivity contribution in [3.8, 4) is 5.75 Å². The summed E-state index contributed by atoms with van der Waals surface area (Å²) in [5.41, 5.74) is -0.505. The van der Waals surface area contributed by atoms with E-state index in [0.717, 1.165) is 24.3 Å². The number of fused-ring (bicyclic) bond motifs is 1. The van der Waals surface area contributed by atoms with Crippen molar-refractivity contribution >= 4 is 56.1 Å². The summed E-state index contributed by atoms with van der Waals surface area (Å²) in [5, 5.41) is 20.5. The molecule has 0 saturated carbocycles. The zero-order chi connectivity index (χ0) is 13.5. The Bertz CT molecular complexity index is 758. The molecule has 0 bridgehead atoms. The molecule has 2 aromatic carbocycles. The van der Waals surface area contributed by atoms with Gasteiger partial charge in [-0.1, -0.05) is 6.07 Å². The van der Waals surface area contributed by atoms with Gasteiger partial charge in [-0.15, -0.1) is 0 Å². The summed E-state index contributed by atoms with van der Waals surface area (Å²) in [4.78, 5) is 9.67. The van der Waals surface area contributed by atoms with Gasteiger partial charge in [0.2, 0.25) is 0 Å². The van der Waals surface area contributed by atoms with E-state index < -0.39 is 26.5 Å². The Labute approximate surface area is 130 Å².